The Hall–Kier alpha value is -5.41. The molecule has 4 amide bonds. The lowest BCUT2D eigenvalue weighted by Gasteiger charge is -2.51. The number of rotatable bonds is 20. The number of likely N-dealkylation sites (tertiary alicyclic amines) is 2. The third-order valence-corrected chi connectivity index (χ3v) is 14.1. The number of hydrogen-bond donors (Lipinski definition) is 4. The van der Waals surface area contributed by atoms with Crippen LogP contribution in [-0.4, -0.2) is 122 Å². The van der Waals surface area contributed by atoms with Crippen molar-refractivity contribution < 1.29 is 14.4 Å². The van der Waals surface area contributed by atoms with E-state index in [4.69, 9.17) is 23.2 Å². The maximum Gasteiger partial charge on any atom is 0.328 e. The second kappa shape index (κ2) is 22.1. The molecule has 0 bridgehead atoms. The number of benzene rings is 2. The Morgan fingerprint density at radius 1 is 1.00 bits per heavy atom. The Bertz CT molecular complexity index is 2300. The van der Waals surface area contributed by atoms with Crippen LogP contribution in [0.3, 0.4) is 0 Å². The summed E-state index contributed by atoms with van der Waals surface area (Å²) in [6, 6.07) is 13.9. The fourth-order valence-electron chi connectivity index (χ4n) is 9.72. The number of halogens is 2. The third kappa shape index (κ3) is 12.8. The molecule has 4 aliphatic rings. The zero-order chi connectivity index (χ0) is 47.7. The Morgan fingerprint density at radius 2 is 1.72 bits per heavy atom. The quantitative estimate of drug-likeness (QED) is 0.0652. The van der Waals surface area contributed by atoms with Crippen molar-refractivity contribution in [2.24, 2.45) is 15.9 Å². The van der Waals surface area contributed by atoms with E-state index in [1.165, 1.54) is 0 Å². The smallest absolute Gasteiger partial charge is 0.328 e. The fourth-order valence-corrected chi connectivity index (χ4v) is 10.5. The Labute approximate surface area is 406 Å². The summed E-state index contributed by atoms with van der Waals surface area (Å²) in [7, 11) is 0. The van der Waals surface area contributed by atoms with Crippen LogP contribution in [0.15, 0.2) is 90.6 Å². The van der Waals surface area contributed by atoms with Crippen LogP contribution in [0.2, 0.25) is 10.0 Å². The van der Waals surface area contributed by atoms with Crippen LogP contribution < -0.4 is 31.2 Å². The number of allylic oxidation sites excluding steroid dienone is 1. The summed E-state index contributed by atoms with van der Waals surface area (Å²) in [6.07, 6.45) is 14.9. The average molecular weight is 953 g/mol. The Balaban J connectivity index is 0.839. The number of nitrogens with zero attached hydrogens (tertiary/aromatic N) is 7. The first kappa shape index (κ1) is 49.5. The van der Waals surface area contributed by atoms with Crippen molar-refractivity contribution in [3.05, 3.63) is 112 Å². The highest BCUT2D eigenvalue weighted by molar-refractivity contribution is 6.35. The number of hydrazone groups is 1. The van der Waals surface area contributed by atoms with Gasteiger partial charge in [-0.25, -0.2) is 4.79 Å². The standard InChI is InChI=1S/C51H67Cl2N11O3/c1-7-19-56-45(15-9-39-28-38(8-14-44(39)59-54-6)27-36(2)48-42(52)30-55-31-43(48)53)63-34-51(35-63)18-22-62(33-51)47(66)29-50(4,5)32-57-37(3)16-20-60-23-25-61(26-24-60)40-10-12-41(13-11-40)64-21-17-46(65)58-49(64)67/h7-15,19,28,30-31,36,45,56-57,59H,3,6,16-18,20-27,29,32-35H2,1-2,4-5H3,(H,58,65,67)/b15-9-,19-7+/t36-,45?/m0/s1. The minimum atomic E-state index is -0.367. The minimum absolute atomic E-state index is 0.0347. The molecule has 4 fully saturated rings. The molecule has 16 heteroatoms. The summed E-state index contributed by atoms with van der Waals surface area (Å²) in [6.45, 7) is 25.5. The molecule has 67 heavy (non-hydrogen) atoms. The molecule has 2 atom stereocenters. The van der Waals surface area contributed by atoms with Gasteiger partial charge in [0.15, 0.2) is 0 Å². The van der Waals surface area contributed by atoms with Crippen molar-refractivity contribution in [3.8, 4) is 0 Å². The van der Waals surface area contributed by atoms with E-state index in [1.807, 2.05) is 37.4 Å². The molecule has 1 unspecified atom stereocenters. The SMILES string of the molecule is C=NNc1ccc(C[C@H](C)c2c(Cl)cncc2Cl)cc1/C=C\C(N/C=C/C)N1CC2(CCN(C(=O)CC(C)(C)CNC(=C)CCN3CCN(c4ccc(N5CCC(=O)NC5=O)cc4)CC3)C2)C1. The lowest BCUT2D eigenvalue weighted by Crippen LogP contribution is -2.63. The van der Waals surface area contributed by atoms with Crippen molar-refractivity contribution in [2.45, 2.75) is 71.9 Å². The molecule has 358 valence electrons. The highest BCUT2D eigenvalue weighted by Crippen LogP contribution is 2.41. The van der Waals surface area contributed by atoms with E-state index in [0.29, 0.717) is 36.0 Å². The number of urea groups is 1. The summed E-state index contributed by atoms with van der Waals surface area (Å²) >= 11 is 13.0. The number of pyridine rings is 1. The van der Waals surface area contributed by atoms with Gasteiger partial charge < -0.3 is 20.4 Å². The molecular weight excluding hydrogens is 886 g/mol. The lowest BCUT2D eigenvalue weighted by molar-refractivity contribution is -0.133. The van der Waals surface area contributed by atoms with E-state index < -0.39 is 0 Å². The van der Waals surface area contributed by atoms with Crippen molar-refractivity contribution in [3.63, 3.8) is 0 Å². The second-order valence-electron chi connectivity index (χ2n) is 19.4. The van der Waals surface area contributed by atoms with E-state index in [1.54, 1.807) is 17.3 Å². The monoisotopic (exact) mass is 951 g/mol. The molecule has 0 radical (unpaired) electrons. The zero-order valence-electron chi connectivity index (χ0n) is 39.5. The number of anilines is 3. The molecule has 4 aliphatic heterocycles. The summed E-state index contributed by atoms with van der Waals surface area (Å²) in [5.41, 5.74) is 9.72. The Morgan fingerprint density at radius 3 is 2.40 bits per heavy atom. The normalized spacial score (nSPS) is 18.9. The van der Waals surface area contributed by atoms with E-state index >= 15 is 0 Å². The molecule has 7 rings (SSSR count). The first-order valence-corrected chi connectivity index (χ1v) is 24.2. The molecular formula is C51H67Cl2N11O3. The summed E-state index contributed by atoms with van der Waals surface area (Å²) in [5.74, 6) is 0.0729. The molecule has 5 heterocycles. The van der Waals surface area contributed by atoms with Crippen LogP contribution in [0.1, 0.15) is 76.0 Å². The van der Waals surface area contributed by atoms with Gasteiger partial charge in [-0.05, 0) is 103 Å². The van der Waals surface area contributed by atoms with Crippen LogP contribution >= 0.6 is 23.2 Å². The molecule has 0 aliphatic carbocycles. The minimum Gasteiger partial charge on any atom is -0.388 e. The number of carbonyl (C=O) groups excluding carboxylic acids is 3. The predicted molar refractivity (Wildman–Crippen MR) is 273 cm³/mol. The van der Waals surface area contributed by atoms with Crippen molar-refractivity contribution in [1.82, 2.24) is 35.6 Å². The molecule has 2 aromatic carbocycles. The topological polar surface area (TPSA) is 141 Å². The first-order valence-electron chi connectivity index (χ1n) is 23.5. The highest BCUT2D eigenvalue weighted by atomic mass is 35.5. The van der Waals surface area contributed by atoms with E-state index in [9.17, 15) is 14.4 Å². The highest BCUT2D eigenvalue weighted by Gasteiger charge is 2.50. The fraction of sp³-hybridized carbons (Fsp3) is 0.471. The molecule has 1 aromatic heterocycles. The largest absolute Gasteiger partial charge is 0.388 e. The van der Waals surface area contributed by atoms with Gasteiger partial charge in [0, 0.05) is 126 Å². The van der Waals surface area contributed by atoms with E-state index in [0.717, 1.165) is 118 Å². The van der Waals surface area contributed by atoms with Crippen LogP contribution in [0.5, 0.6) is 0 Å². The molecule has 4 saturated heterocycles. The second-order valence-corrected chi connectivity index (χ2v) is 20.2. The third-order valence-electron chi connectivity index (χ3n) is 13.5. The van der Waals surface area contributed by atoms with Crippen LogP contribution in [0.4, 0.5) is 21.9 Å². The molecule has 14 nitrogen and oxygen atoms in total. The van der Waals surface area contributed by atoms with Gasteiger partial charge in [-0.15, -0.1) is 0 Å². The number of amides is 4. The van der Waals surface area contributed by atoms with Crippen molar-refractivity contribution in [1.29, 1.82) is 0 Å². The van der Waals surface area contributed by atoms with Gasteiger partial charge in [-0.1, -0.05) is 68.8 Å². The van der Waals surface area contributed by atoms with Crippen molar-refractivity contribution in [2.75, 3.05) is 87.2 Å². The number of carbonyl (C=O) groups is 3. The van der Waals surface area contributed by atoms with Crippen molar-refractivity contribution >= 4 is 70.9 Å². The molecule has 0 saturated carbocycles. The predicted octanol–water partition coefficient (Wildman–Crippen LogP) is 7.94. The number of aromatic nitrogens is 1. The maximum atomic E-state index is 13.8. The van der Waals surface area contributed by atoms with E-state index in [-0.39, 0.29) is 40.8 Å². The maximum absolute atomic E-state index is 13.8. The number of hydrogen-bond acceptors (Lipinski definition) is 11. The first-order chi connectivity index (χ1) is 32.1. The summed E-state index contributed by atoms with van der Waals surface area (Å²) < 4.78 is 0. The number of nitrogens with one attached hydrogen (secondary N) is 4. The molecule has 1 spiro atoms. The van der Waals surface area contributed by atoms with Crippen LogP contribution in [-0.2, 0) is 16.0 Å². The van der Waals surface area contributed by atoms with Gasteiger partial charge in [-0.2, -0.15) is 5.10 Å². The summed E-state index contributed by atoms with van der Waals surface area (Å²) in [5, 5.41) is 14.6. The van der Waals surface area contributed by atoms with Gasteiger partial charge in [-0.3, -0.25) is 40.0 Å². The van der Waals surface area contributed by atoms with Gasteiger partial charge in [0.1, 0.15) is 0 Å². The van der Waals surface area contributed by atoms with Gasteiger partial charge in [0.2, 0.25) is 11.8 Å². The lowest BCUT2D eigenvalue weighted by atomic mass is 9.78. The molecule has 4 N–H and O–H groups in total. The van der Waals surface area contributed by atoms with E-state index in [2.05, 4.69) is 122 Å². The zero-order valence-corrected chi connectivity index (χ0v) is 41.0. The summed E-state index contributed by atoms with van der Waals surface area (Å²) in [4.78, 5) is 52.6. The number of piperazine rings is 1. The average Bonchev–Trinajstić information content (AvgIpc) is 3.75. The Kier molecular flexibility index (Phi) is 16.4. The van der Waals surface area contributed by atoms with Crippen LogP contribution in [0.25, 0.3) is 6.08 Å². The van der Waals surface area contributed by atoms with Gasteiger partial charge >= 0.3 is 6.03 Å². The number of imide groups is 1. The van der Waals surface area contributed by atoms with Gasteiger partial charge in [0.05, 0.1) is 21.9 Å². The molecule has 3 aromatic rings. The van der Waals surface area contributed by atoms with Gasteiger partial charge in [0.25, 0.3) is 0 Å². The van der Waals surface area contributed by atoms with Crippen LogP contribution in [0, 0.1) is 10.8 Å².